The van der Waals surface area contributed by atoms with Crippen LogP contribution in [0.15, 0.2) is 0 Å². The highest BCUT2D eigenvalue weighted by molar-refractivity contribution is 5.68. The summed E-state index contributed by atoms with van der Waals surface area (Å²) < 4.78 is 0. The fraction of sp³-hybridized carbons (Fsp3) is 0.900. The second kappa shape index (κ2) is 4.61. The molecule has 0 bridgehead atoms. The summed E-state index contributed by atoms with van der Waals surface area (Å²) >= 11 is 0. The molecule has 0 saturated heterocycles. The Morgan fingerprint density at radius 2 is 1.92 bits per heavy atom. The van der Waals surface area contributed by atoms with Crippen molar-refractivity contribution in [2.24, 2.45) is 11.8 Å². The van der Waals surface area contributed by atoms with Gasteiger partial charge in [-0.25, -0.2) is 0 Å². The lowest BCUT2D eigenvalue weighted by molar-refractivity contribution is -0.137. The number of carbonyl (C=O) groups is 1. The minimum absolute atomic E-state index is 0.111. The molecule has 3 nitrogen and oxygen atoms in total. The van der Waals surface area contributed by atoms with Gasteiger partial charge < -0.3 is 5.11 Å². The van der Waals surface area contributed by atoms with Crippen LogP contribution in [0.1, 0.15) is 25.7 Å². The monoisotopic (exact) mass is 185 g/mol. The summed E-state index contributed by atoms with van der Waals surface area (Å²) in [5.41, 5.74) is 0. The molecular formula is C10H19NO2. The van der Waals surface area contributed by atoms with Gasteiger partial charge in [-0.1, -0.05) is 19.3 Å². The normalized spacial score (nSPS) is 29.2. The smallest absolute Gasteiger partial charge is 0.317 e. The highest BCUT2D eigenvalue weighted by Gasteiger charge is 2.40. The van der Waals surface area contributed by atoms with Gasteiger partial charge >= 0.3 is 5.97 Å². The highest BCUT2D eigenvalue weighted by atomic mass is 16.4. The Morgan fingerprint density at radius 1 is 1.38 bits per heavy atom. The van der Waals surface area contributed by atoms with Crippen LogP contribution in [-0.2, 0) is 4.79 Å². The molecule has 2 rings (SSSR count). The fourth-order valence-electron chi connectivity index (χ4n) is 1.93. The number of hydrogen-bond acceptors (Lipinski definition) is 2. The van der Waals surface area contributed by atoms with Gasteiger partial charge in [-0.15, -0.1) is 0 Å². The van der Waals surface area contributed by atoms with Crippen LogP contribution >= 0.6 is 0 Å². The lowest BCUT2D eigenvalue weighted by Gasteiger charge is -2.01. The Hall–Kier alpha value is -0.570. The number of likely N-dealkylation sites (N-methyl/N-ethyl adjacent to an activating group) is 1. The van der Waals surface area contributed by atoms with Crippen LogP contribution in [0.25, 0.3) is 0 Å². The Balaban J connectivity index is 0.000000130. The molecule has 2 atom stereocenters. The third-order valence-electron chi connectivity index (χ3n) is 2.67. The zero-order valence-corrected chi connectivity index (χ0v) is 8.49. The molecule has 2 fully saturated rings. The lowest BCUT2D eigenvalue weighted by Crippen LogP contribution is -2.20. The maximum atomic E-state index is 9.77. The van der Waals surface area contributed by atoms with Gasteiger partial charge in [-0.05, 0) is 32.4 Å². The molecule has 13 heavy (non-hydrogen) atoms. The molecule has 3 heteroatoms. The zero-order chi connectivity index (χ0) is 9.84. The third-order valence-corrected chi connectivity index (χ3v) is 2.67. The van der Waals surface area contributed by atoms with E-state index in [4.69, 9.17) is 5.11 Å². The van der Waals surface area contributed by atoms with Gasteiger partial charge in [0.05, 0.1) is 6.54 Å². The van der Waals surface area contributed by atoms with E-state index in [1.165, 1.54) is 18.3 Å². The molecule has 0 amide bonds. The molecule has 0 aromatic heterocycles. The number of carboxylic acids is 1. The highest BCUT2D eigenvalue weighted by Crippen LogP contribution is 2.51. The van der Waals surface area contributed by atoms with Crippen molar-refractivity contribution >= 4 is 5.97 Å². The molecule has 2 aliphatic rings. The Labute approximate surface area is 79.7 Å². The van der Waals surface area contributed by atoms with Crippen LogP contribution in [0.4, 0.5) is 0 Å². The van der Waals surface area contributed by atoms with E-state index in [-0.39, 0.29) is 6.54 Å². The van der Waals surface area contributed by atoms with E-state index in [2.05, 4.69) is 0 Å². The first kappa shape index (κ1) is 10.5. The van der Waals surface area contributed by atoms with E-state index < -0.39 is 5.97 Å². The molecule has 2 aliphatic carbocycles. The molecule has 0 aliphatic heterocycles. The van der Waals surface area contributed by atoms with E-state index in [0.29, 0.717) is 0 Å². The van der Waals surface area contributed by atoms with Gasteiger partial charge in [-0.3, -0.25) is 9.69 Å². The Bertz CT molecular complexity index is 172. The second-order valence-corrected chi connectivity index (χ2v) is 4.32. The molecule has 2 saturated carbocycles. The number of aliphatic carboxylic acids is 1. The van der Waals surface area contributed by atoms with Gasteiger partial charge in [0.15, 0.2) is 0 Å². The second-order valence-electron chi connectivity index (χ2n) is 4.32. The van der Waals surface area contributed by atoms with Gasteiger partial charge in [0.25, 0.3) is 0 Å². The van der Waals surface area contributed by atoms with E-state index in [0.717, 1.165) is 0 Å². The first-order valence-electron chi connectivity index (χ1n) is 4.96. The van der Waals surface area contributed by atoms with Crippen LogP contribution in [-0.4, -0.2) is 36.6 Å². The summed E-state index contributed by atoms with van der Waals surface area (Å²) in [5.74, 6) is 1.64. The van der Waals surface area contributed by atoms with Crippen LogP contribution < -0.4 is 0 Å². The number of nitrogens with zero attached hydrogens (tertiary/aromatic N) is 1. The van der Waals surface area contributed by atoms with Gasteiger partial charge in [0, 0.05) is 0 Å². The van der Waals surface area contributed by atoms with Crippen molar-refractivity contribution in [3.63, 3.8) is 0 Å². The van der Waals surface area contributed by atoms with E-state index in [9.17, 15) is 4.79 Å². The fourth-order valence-corrected chi connectivity index (χ4v) is 1.93. The topological polar surface area (TPSA) is 40.5 Å². The van der Waals surface area contributed by atoms with E-state index in [1.54, 1.807) is 38.3 Å². The van der Waals surface area contributed by atoms with Crippen LogP contribution in [0, 0.1) is 11.8 Å². The molecule has 0 aromatic carbocycles. The number of rotatable bonds is 2. The number of hydrogen-bond donors (Lipinski definition) is 1. The SMILES string of the molecule is C1CC2CC2C1.CN(C)CC(=O)O. The summed E-state index contributed by atoms with van der Waals surface area (Å²) in [5, 5.41) is 8.04. The van der Waals surface area contributed by atoms with Crippen molar-refractivity contribution in [1.82, 2.24) is 4.90 Å². The predicted octanol–water partition coefficient (Wildman–Crippen LogP) is 1.44. The maximum absolute atomic E-state index is 9.77. The standard InChI is InChI=1S/C6H10.C4H9NO2/c1-2-5-4-6(5)3-1;1-5(2)3-4(6)7/h5-6H,1-4H2;3H2,1-2H3,(H,6,7). The lowest BCUT2D eigenvalue weighted by atomic mass is 10.3. The first-order valence-corrected chi connectivity index (χ1v) is 4.96. The summed E-state index contributed by atoms with van der Waals surface area (Å²) in [7, 11) is 3.43. The van der Waals surface area contributed by atoms with Crippen molar-refractivity contribution in [3.8, 4) is 0 Å². The van der Waals surface area contributed by atoms with Crippen LogP contribution in [0.3, 0.4) is 0 Å². The van der Waals surface area contributed by atoms with Crippen LogP contribution in [0.2, 0.25) is 0 Å². The molecular weight excluding hydrogens is 166 g/mol. The minimum Gasteiger partial charge on any atom is -0.480 e. The number of carboxylic acid groups (broad SMARTS) is 1. The molecule has 0 heterocycles. The summed E-state index contributed by atoms with van der Waals surface area (Å²) in [6.45, 7) is 0.111. The summed E-state index contributed by atoms with van der Waals surface area (Å²) in [6.07, 6.45) is 6.24. The molecule has 0 spiro atoms. The van der Waals surface area contributed by atoms with E-state index >= 15 is 0 Å². The molecule has 76 valence electrons. The molecule has 2 unspecified atom stereocenters. The average molecular weight is 185 g/mol. The summed E-state index contributed by atoms with van der Waals surface area (Å²) in [6, 6.07) is 0. The quantitative estimate of drug-likeness (QED) is 0.707. The Kier molecular flexibility index (Phi) is 3.72. The van der Waals surface area contributed by atoms with Crippen LogP contribution in [0.5, 0.6) is 0 Å². The van der Waals surface area contributed by atoms with Gasteiger partial charge in [-0.2, -0.15) is 0 Å². The van der Waals surface area contributed by atoms with E-state index in [1.807, 2.05) is 0 Å². The van der Waals surface area contributed by atoms with Crippen molar-refractivity contribution in [2.75, 3.05) is 20.6 Å². The minimum atomic E-state index is -0.787. The molecule has 0 radical (unpaired) electrons. The first-order chi connectivity index (χ1) is 6.09. The maximum Gasteiger partial charge on any atom is 0.317 e. The van der Waals surface area contributed by atoms with Gasteiger partial charge in [0.1, 0.15) is 0 Å². The van der Waals surface area contributed by atoms with Gasteiger partial charge in [0.2, 0.25) is 0 Å². The number of fused-ring (bicyclic) bond motifs is 1. The van der Waals surface area contributed by atoms with Crippen molar-refractivity contribution in [2.45, 2.75) is 25.7 Å². The van der Waals surface area contributed by atoms with Crippen molar-refractivity contribution in [3.05, 3.63) is 0 Å². The van der Waals surface area contributed by atoms with Crippen molar-refractivity contribution in [1.29, 1.82) is 0 Å². The third kappa shape index (κ3) is 4.27. The predicted molar refractivity (Wildman–Crippen MR) is 51.6 cm³/mol. The Morgan fingerprint density at radius 3 is 2.00 bits per heavy atom. The molecule has 1 N–H and O–H groups in total. The average Bonchev–Trinajstić information content (AvgIpc) is 2.57. The molecule has 0 aromatic rings. The zero-order valence-electron chi connectivity index (χ0n) is 8.49. The van der Waals surface area contributed by atoms with Crippen molar-refractivity contribution < 1.29 is 9.90 Å². The largest absolute Gasteiger partial charge is 0.480 e. The summed E-state index contributed by atoms with van der Waals surface area (Å²) in [4.78, 5) is 11.4.